The maximum Gasteiger partial charge on any atom is 0.356 e. The van der Waals surface area contributed by atoms with Gasteiger partial charge in [0, 0.05) is 24.0 Å². The Balaban J connectivity index is 1.95. The molecule has 6 heteroatoms. The molecule has 6 nitrogen and oxygen atoms in total. The molecule has 0 bridgehead atoms. The van der Waals surface area contributed by atoms with Crippen LogP contribution in [-0.4, -0.2) is 29.6 Å². The minimum atomic E-state index is -0.492. The standard InChI is InChI=1S/C17H17N3O3/c1-3-7-18-12-4-5-15-13(10-12)20-16(23-15)11-6-8-19-14(9-11)17(21)22-2/h4-6,8-10,18H,3,7H2,1-2H3. The lowest BCUT2D eigenvalue weighted by atomic mass is 10.2. The molecule has 2 heterocycles. The molecule has 2 aromatic heterocycles. The summed E-state index contributed by atoms with van der Waals surface area (Å²) in [6.45, 7) is 3.02. The average molecular weight is 311 g/mol. The molecule has 0 aliphatic rings. The molecule has 1 N–H and O–H groups in total. The van der Waals surface area contributed by atoms with Gasteiger partial charge in [-0.1, -0.05) is 6.92 Å². The van der Waals surface area contributed by atoms with Crippen LogP contribution in [-0.2, 0) is 4.74 Å². The van der Waals surface area contributed by atoms with E-state index in [2.05, 4.69) is 26.9 Å². The van der Waals surface area contributed by atoms with Crippen LogP contribution in [0.4, 0.5) is 5.69 Å². The van der Waals surface area contributed by atoms with E-state index in [0.717, 1.165) is 24.2 Å². The summed E-state index contributed by atoms with van der Waals surface area (Å²) in [6, 6.07) is 9.13. The number of nitrogens with one attached hydrogen (secondary N) is 1. The highest BCUT2D eigenvalue weighted by molar-refractivity contribution is 5.88. The van der Waals surface area contributed by atoms with E-state index in [0.29, 0.717) is 17.0 Å². The zero-order valence-corrected chi connectivity index (χ0v) is 13.0. The van der Waals surface area contributed by atoms with Crippen molar-refractivity contribution in [3.63, 3.8) is 0 Å². The SMILES string of the molecule is CCCNc1ccc2oc(-c3ccnc(C(=O)OC)c3)nc2c1. The molecule has 0 aliphatic heterocycles. The van der Waals surface area contributed by atoms with E-state index >= 15 is 0 Å². The maximum absolute atomic E-state index is 11.6. The summed E-state index contributed by atoms with van der Waals surface area (Å²) in [4.78, 5) is 20.0. The summed E-state index contributed by atoms with van der Waals surface area (Å²) in [5, 5.41) is 3.31. The van der Waals surface area contributed by atoms with E-state index in [1.165, 1.54) is 13.3 Å². The predicted octanol–water partition coefficient (Wildman–Crippen LogP) is 3.50. The van der Waals surface area contributed by atoms with Crippen molar-refractivity contribution in [3.8, 4) is 11.5 Å². The second kappa shape index (κ2) is 6.48. The molecule has 118 valence electrons. The molecule has 0 saturated heterocycles. The lowest BCUT2D eigenvalue weighted by Gasteiger charge is -2.02. The Hall–Kier alpha value is -2.89. The van der Waals surface area contributed by atoms with Gasteiger partial charge in [-0.15, -0.1) is 0 Å². The molecular weight excluding hydrogens is 294 g/mol. The fourth-order valence-electron chi connectivity index (χ4n) is 2.21. The first-order chi connectivity index (χ1) is 11.2. The fraction of sp³-hybridized carbons (Fsp3) is 0.235. The molecular formula is C17H17N3O3. The number of nitrogens with zero attached hydrogens (tertiary/aromatic N) is 2. The molecule has 0 atom stereocenters. The summed E-state index contributed by atoms with van der Waals surface area (Å²) in [5.74, 6) is -0.0470. The van der Waals surface area contributed by atoms with E-state index in [1.807, 2.05) is 18.2 Å². The van der Waals surface area contributed by atoms with Crippen molar-refractivity contribution in [1.82, 2.24) is 9.97 Å². The van der Waals surface area contributed by atoms with E-state index in [4.69, 9.17) is 4.42 Å². The molecule has 0 amide bonds. The number of ether oxygens (including phenoxy) is 1. The zero-order chi connectivity index (χ0) is 16.2. The molecule has 3 aromatic rings. The fourth-order valence-corrected chi connectivity index (χ4v) is 2.21. The minimum absolute atomic E-state index is 0.220. The second-order valence-corrected chi connectivity index (χ2v) is 5.05. The zero-order valence-electron chi connectivity index (χ0n) is 13.0. The first kappa shape index (κ1) is 15.0. The van der Waals surface area contributed by atoms with Crippen LogP contribution in [0.5, 0.6) is 0 Å². The number of pyridine rings is 1. The molecule has 3 rings (SSSR count). The highest BCUT2D eigenvalue weighted by Gasteiger charge is 2.13. The second-order valence-electron chi connectivity index (χ2n) is 5.05. The summed E-state index contributed by atoms with van der Waals surface area (Å²) in [6.07, 6.45) is 2.58. The Labute approximate surface area is 133 Å². The van der Waals surface area contributed by atoms with Crippen LogP contribution < -0.4 is 5.32 Å². The monoisotopic (exact) mass is 311 g/mol. The lowest BCUT2D eigenvalue weighted by molar-refractivity contribution is 0.0594. The van der Waals surface area contributed by atoms with Gasteiger partial charge >= 0.3 is 5.97 Å². The van der Waals surface area contributed by atoms with Crippen molar-refractivity contribution in [2.24, 2.45) is 0 Å². The van der Waals surface area contributed by atoms with E-state index in [-0.39, 0.29) is 5.69 Å². The third-order valence-electron chi connectivity index (χ3n) is 3.37. The van der Waals surface area contributed by atoms with Crippen LogP contribution in [0, 0.1) is 0 Å². The smallest absolute Gasteiger partial charge is 0.356 e. The highest BCUT2D eigenvalue weighted by atomic mass is 16.5. The Kier molecular flexibility index (Phi) is 4.23. The number of aromatic nitrogens is 2. The van der Waals surface area contributed by atoms with Crippen molar-refractivity contribution in [2.45, 2.75) is 13.3 Å². The third kappa shape index (κ3) is 3.15. The average Bonchev–Trinajstić information content (AvgIpc) is 3.02. The Morgan fingerprint density at radius 2 is 2.17 bits per heavy atom. The summed E-state index contributed by atoms with van der Waals surface area (Å²) in [7, 11) is 1.32. The number of hydrogen-bond acceptors (Lipinski definition) is 6. The summed E-state index contributed by atoms with van der Waals surface area (Å²) in [5.41, 5.74) is 3.36. The van der Waals surface area contributed by atoms with Gasteiger partial charge in [-0.05, 0) is 36.8 Å². The number of esters is 1. The van der Waals surface area contributed by atoms with Crippen molar-refractivity contribution >= 4 is 22.8 Å². The molecule has 0 unspecified atom stereocenters. The Morgan fingerprint density at radius 3 is 2.96 bits per heavy atom. The third-order valence-corrected chi connectivity index (χ3v) is 3.37. The number of rotatable bonds is 5. The van der Waals surface area contributed by atoms with E-state index in [9.17, 15) is 4.79 Å². The van der Waals surface area contributed by atoms with Crippen LogP contribution in [0.3, 0.4) is 0 Å². The number of anilines is 1. The number of benzene rings is 1. The minimum Gasteiger partial charge on any atom is -0.464 e. The van der Waals surface area contributed by atoms with Crippen LogP contribution in [0.15, 0.2) is 40.9 Å². The Bertz CT molecular complexity index is 842. The number of carbonyl (C=O) groups is 1. The number of methoxy groups -OCH3 is 1. The normalized spacial score (nSPS) is 10.7. The van der Waals surface area contributed by atoms with Gasteiger partial charge in [0.25, 0.3) is 0 Å². The number of fused-ring (bicyclic) bond motifs is 1. The molecule has 1 aromatic carbocycles. The topological polar surface area (TPSA) is 77.2 Å². The lowest BCUT2D eigenvalue weighted by Crippen LogP contribution is -2.03. The van der Waals surface area contributed by atoms with Gasteiger partial charge in [-0.3, -0.25) is 0 Å². The molecule has 0 spiro atoms. The van der Waals surface area contributed by atoms with Gasteiger partial charge < -0.3 is 14.5 Å². The van der Waals surface area contributed by atoms with Gasteiger partial charge in [0.1, 0.15) is 11.2 Å². The maximum atomic E-state index is 11.6. The van der Waals surface area contributed by atoms with Crippen LogP contribution in [0.25, 0.3) is 22.6 Å². The van der Waals surface area contributed by atoms with Crippen molar-refractivity contribution in [1.29, 1.82) is 0 Å². The molecule has 23 heavy (non-hydrogen) atoms. The van der Waals surface area contributed by atoms with Gasteiger partial charge in [0.15, 0.2) is 5.58 Å². The summed E-state index contributed by atoms with van der Waals surface area (Å²) < 4.78 is 10.4. The van der Waals surface area contributed by atoms with Crippen molar-refractivity contribution in [2.75, 3.05) is 19.0 Å². The van der Waals surface area contributed by atoms with E-state index in [1.54, 1.807) is 12.1 Å². The summed E-state index contributed by atoms with van der Waals surface area (Å²) >= 11 is 0. The number of hydrogen-bond donors (Lipinski definition) is 1. The molecule has 0 aliphatic carbocycles. The van der Waals surface area contributed by atoms with Crippen LogP contribution >= 0.6 is 0 Å². The highest BCUT2D eigenvalue weighted by Crippen LogP contribution is 2.26. The largest absolute Gasteiger partial charge is 0.464 e. The first-order valence-corrected chi connectivity index (χ1v) is 7.40. The van der Waals surface area contributed by atoms with E-state index < -0.39 is 5.97 Å². The van der Waals surface area contributed by atoms with Crippen molar-refractivity contribution < 1.29 is 13.9 Å². The van der Waals surface area contributed by atoms with Crippen LogP contribution in [0.1, 0.15) is 23.8 Å². The molecule has 0 saturated carbocycles. The number of oxazole rings is 1. The van der Waals surface area contributed by atoms with Crippen molar-refractivity contribution in [3.05, 3.63) is 42.2 Å². The van der Waals surface area contributed by atoms with Gasteiger partial charge in [-0.25, -0.2) is 14.8 Å². The first-order valence-electron chi connectivity index (χ1n) is 7.40. The number of carbonyl (C=O) groups excluding carboxylic acids is 1. The molecule has 0 radical (unpaired) electrons. The Morgan fingerprint density at radius 1 is 1.30 bits per heavy atom. The predicted molar refractivity (Wildman–Crippen MR) is 87.4 cm³/mol. The van der Waals surface area contributed by atoms with Gasteiger partial charge in [0.05, 0.1) is 7.11 Å². The quantitative estimate of drug-likeness (QED) is 0.727. The molecule has 0 fully saturated rings. The van der Waals surface area contributed by atoms with Gasteiger partial charge in [0.2, 0.25) is 5.89 Å². The van der Waals surface area contributed by atoms with Crippen LogP contribution in [0.2, 0.25) is 0 Å². The van der Waals surface area contributed by atoms with Gasteiger partial charge in [-0.2, -0.15) is 0 Å².